The molecule has 0 unspecified atom stereocenters. The third-order valence-electron chi connectivity index (χ3n) is 4.57. The van der Waals surface area contributed by atoms with Gasteiger partial charge < -0.3 is 9.94 Å². The van der Waals surface area contributed by atoms with E-state index in [4.69, 9.17) is 4.74 Å². The number of nitrogens with zero attached hydrogens (tertiary/aromatic N) is 1. The van der Waals surface area contributed by atoms with Crippen LogP contribution in [0, 0.1) is 6.92 Å². The molecule has 0 saturated heterocycles. The molecule has 0 fully saturated rings. The van der Waals surface area contributed by atoms with Gasteiger partial charge in [0.25, 0.3) is 0 Å². The normalized spacial score (nSPS) is 11.5. The standard InChI is InChI=1S/C23H31NO2/c1-3-4-5-6-7-8-9-18-26-22-16-14-21(15-17-22)23(24-25)20-12-10-19(2)11-13-20/h10-17,25H,3-9,18H2,1-2H3/b24-23-. The second-order valence-electron chi connectivity index (χ2n) is 6.81. The molecule has 0 saturated carbocycles. The third-order valence-corrected chi connectivity index (χ3v) is 4.57. The van der Waals surface area contributed by atoms with Crippen LogP contribution in [-0.2, 0) is 0 Å². The van der Waals surface area contributed by atoms with Crippen LogP contribution in [0.5, 0.6) is 5.75 Å². The molecule has 26 heavy (non-hydrogen) atoms. The largest absolute Gasteiger partial charge is 0.494 e. The van der Waals surface area contributed by atoms with Crippen LogP contribution >= 0.6 is 0 Å². The Labute approximate surface area is 157 Å². The third kappa shape index (κ3) is 6.55. The van der Waals surface area contributed by atoms with Crippen LogP contribution < -0.4 is 4.74 Å². The highest BCUT2D eigenvalue weighted by Crippen LogP contribution is 2.17. The lowest BCUT2D eigenvalue weighted by Gasteiger charge is -2.09. The van der Waals surface area contributed by atoms with E-state index in [0.29, 0.717) is 5.71 Å². The Morgan fingerprint density at radius 2 is 1.35 bits per heavy atom. The van der Waals surface area contributed by atoms with Crippen molar-refractivity contribution < 1.29 is 9.94 Å². The van der Waals surface area contributed by atoms with Crippen LogP contribution in [0.2, 0.25) is 0 Å². The van der Waals surface area contributed by atoms with E-state index in [1.165, 1.54) is 44.1 Å². The molecule has 140 valence electrons. The molecule has 2 aromatic rings. The fourth-order valence-corrected chi connectivity index (χ4v) is 2.95. The van der Waals surface area contributed by atoms with Gasteiger partial charge >= 0.3 is 0 Å². The van der Waals surface area contributed by atoms with Gasteiger partial charge in [-0.3, -0.25) is 0 Å². The quantitative estimate of drug-likeness (QED) is 0.221. The Morgan fingerprint density at radius 3 is 1.92 bits per heavy atom. The summed E-state index contributed by atoms with van der Waals surface area (Å²) < 4.78 is 5.82. The molecular weight excluding hydrogens is 322 g/mol. The topological polar surface area (TPSA) is 41.8 Å². The monoisotopic (exact) mass is 353 g/mol. The van der Waals surface area contributed by atoms with Crippen LogP contribution in [0.25, 0.3) is 0 Å². The van der Waals surface area contributed by atoms with E-state index in [1.54, 1.807) is 0 Å². The van der Waals surface area contributed by atoms with E-state index >= 15 is 0 Å². The highest BCUT2D eigenvalue weighted by Gasteiger charge is 2.08. The first-order valence-electron chi connectivity index (χ1n) is 9.77. The van der Waals surface area contributed by atoms with Gasteiger partial charge in [0.2, 0.25) is 0 Å². The van der Waals surface area contributed by atoms with Gasteiger partial charge in [0.1, 0.15) is 11.5 Å². The van der Waals surface area contributed by atoms with E-state index in [1.807, 2.05) is 55.5 Å². The summed E-state index contributed by atoms with van der Waals surface area (Å²) in [5.74, 6) is 0.862. The second kappa shape index (κ2) is 11.3. The predicted molar refractivity (Wildman–Crippen MR) is 109 cm³/mol. The number of hydrogen-bond acceptors (Lipinski definition) is 3. The summed E-state index contributed by atoms with van der Waals surface area (Å²) in [7, 11) is 0. The summed E-state index contributed by atoms with van der Waals surface area (Å²) in [4.78, 5) is 0. The number of benzene rings is 2. The minimum Gasteiger partial charge on any atom is -0.494 e. The minimum absolute atomic E-state index is 0.573. The molecule has 0 aliphatic carbocycles. The average Bonchev–Trinajstić information content (AvgIpc) is 2.67. The summed E-state index contributed by atoms with van der Waals surface area (Å²) in [6.45, 7) is 5.04. The van der Waals surface area contributed by atoms with Crippen LogP contribution in [0.4, 0.5) is 0 Å². The van der Waals surface area contributed by atoms with Gasteiger partial charge in [-0.2, -0.15) is 0 Å². The first-order valence-corrected chi connectivity index (χ1v) is 9.77. The summed E-state index contributed by atoms with van der Waals surface area (Å²) >= 11 is 0. The maximum absolute atomic E-state index is 9.41. The Balaban J connectivity index is 1.79. The first-order chi connectivity index (χ1) is 12.7. The number of unbranched alkanes of at least 4 members (excludes halogenated alkanes) is 6. The maximum Gasteiger partial charge on any atom is 0.119 e. The molecule has 0 amide bonds. The molecule has 1 N–H and O–H groups in total. The Kier molecular flexibility index (Phi) is 8.74. The lowest BCUT2D eigenvalue weighted by Crippen LogP contribution is -2.04. The van der Waals surface area contributed by atoms with Crippen molar-refractivity contribution in [3.63, 3.8) is 0 Å². The average molecular weight is 354 g/mol. The first kappa shape index (κ1) is 20.0. The molecule has 2 rings (SSSR count). The van der Waals surface area contributed by atoms with Crippen molar-refractivity contribution in [3.05, 3.63) is 65.2 Å². The van der Waals surface area contributed by atoms with Crippen molar-refractivity contribution in [1.29, 1.82) is 0 Å². The molecule has 0 aromatic heterocycles. The smallest absolute Gasteiger partial charge is 0.119 e. The van der Waals surface area contributed by atoms with E-state index in [0.717, 1.165) is 29.9 Å². The van der Waals surface area contributed by atoms with Gasteiger partial charge in [0.15, 0.2) is 0 Å². The van der Waals surface area contributed by atoms with E-state index < -0.39 is 0 Å². The highest BCUT2D eigenvalue weighted by molar-refractivity contribution is 6.12. The van der Waals surface area contributed by atoms with E-state index in [2.05, 4.69) is 12.1 Å². The molecule has 2 aromatic carbocycles. The molecule has 3 heteroatoms. The van der Waals surface area contributed by atoms with Crippen LogP contribution in [0.1, 0.15) is 68.6 Å². The van der Waals surface area contributed by atoms with Crippen LogP contribution in [0.3, 0.4) is 0 Å². The van der Waals surface area contributed by atoms with Gasteiger partial charge in [-0.25, -0.2) is 0 Å². The van der Waals surface area contributed by atoms with Crippen molar-refractivity contribution in [2.75, 3.05) is 6.61 Å². The number of rotatable bonds is 11. The Morgan fingerprint density at radius 1 is 0.808 bits per heavy atom. The predicted octanol–water partition coefficient (Wildman–Crippen LogP) is 6.35. The maximum atomic E-state index is 9.41. The van der Waals surface area contributed by atoms with E-state index in [9.17, 15) is 5.21 Å². The van der Waals surface area contributed by atoms with Gasteiger partial charge in [0.05, 0.1) is 6.61 Å². The summed E-state index contributed by atoms with van der Waals surface area (Å²) in [6.07, 6.45) is 8.97. The Hall–Kier alpha value is -2.29. The van der Waals surface area contributed by atoms with Crippen molar-refractivity contribution in [3.8, 4) is 5.75 Å². The fourth-order valence-electron chi connectivity index (χ4n) is 2.95. The lowest BCUT2D eigenvalue weighted by molar-refractivity contribution is 0.304. The molecule has 0 radical (unpaired) electrons. The zero-order valence-electron chi connectivity index (χ0n) is 16.1. The number of hydrogen-bond donors (Lipinski definition) is 1. The highest BCUT2D eigenvalue weighted by atomic mass is 16.5. The lowest BCUT2D eigenvalue weighted by atomic mass is 10.0. The molecule has 0 aliphatic rings. The van der Waals surface area contributed by atoms with Crippen LogP contribution in [0.15, 0.2) is 53.7 Å². The summed E-state index contributed by atoms with van der Waals surface area (Å²) in [5.41, 5.74) is 3.53. The number of oxime groups is 1. The number of aryl methyl sites for hydroxylation is 1. The molecule has 0 aliphatic heterocycles. The number of ether oxygens (including phenoxy) is 1. The van der Waals surface area contributed by atoms with E-state index in [-0.39, 0.29) is 0 Å². The van der Waals surface area contributed by atoms with Gasteiger partial charge in [0, 0.05) is 11.1 Å². The Bertz CT molecular complexity index is 660. The molecule has 0 bridgehead atoms. The van der Waals surface area contributed by atoms with Crippen molar-refractivity contribution in [2.45, 2.75) is 58.8 Å². The molecule has 0 heterocycles. The van der Waals surface area contributed by atoms with Crippen molar-refractivity contribution in [1.82, 2.24) is 0 Å². The molecule has 0 spiro atoms. The van der Waals surface area contributed by atoms with Crippen molar-refractivity contribution >= 4 is 5.71 Å². The zero-order chi connectivity index (χ0) is 18.6. The van der Waals surface area contributed by atoms with Crippen molar-refractivity contribution in [2.24, 2.45) is 5.16 Å². The van der Waals surface area contributed by atoms with Gasteiger partial charge in [-0.15, -0.1) is 0 Å². The van der Waals surface area contributed by atoms with Crippen LogP contribution in [-0.4, -0.2) is 17.5 Å². The SMILES string of the molecule is CCCCCCCCCOc1ccc(/C(=N\O)c2ccc(C)cc2)cc1. The zero-order valence-corrected chi connectivity index (χ0v) is 16.1. The van der Waals surface area contributed by atoms with Gasteiger partial charge in [-0.05, 0) is 37.6 Å². The molecule has 3 nitrogen and oxygen atoms in total. The fraction of sp³-hybridized carbons (Fsp3) is 0.435. The molecule has 0 atom stereocenters. The molecular formula is C23H31NO2. The minimum atomic E-state index is 0.573. The van der Waals surface area contributed by atoms with Gasteiger partial charge in [-0.1, -0.05) is 80.4 Å². The second-order valence-corrected chi connectivity index (χ2v) is 6.81. The summed E-state index contributed by atoms with van der Waals surface area (Å²) in [5, 5.41) is 12.9. The summed E-state index contributed by atoms with van der Waals surface area (Å²) in [6, 6.07) is 15.7.